The Hall–Kier alpha value is -2.63. The fourth-order valence-corrected chi connectivity index (χ4v) is 2.87. The molecule has 0 saturated heterocycles. The van der Waals surface area contributed by atoms with Crippen molar-refractivity contribution in [1.82, 2.24) is 15.4 Å². The van der Waals surface area contributed by atoms with E-state index in [1.54, 1.807) is 11.0 Å². The molecule has 2 amide bonds. The molecule has 0 unspecified atom stereocenters. The van der Waals surface area contributed by atoms with E-state index < -0.39 is 0 Å². The van der Waals surface area contributed by atoms with Crippen molar-refractivity contribution in [3.63, 3.8) is 0 Å². The highest BCUT2D eigenvalue weighted by Gasteiger charge is 2.24. The van der Waals surface area contributed by atoms with Crippen molar-refractivity contribution < 1.29 is 14.1 Å². The normalized spacial score (nSPS) is 13.6. The van der Waals surface area contributed by atoms with Gasteiger partial charge in [0.25, 0.3) is 11.8 Å². The first-order chi connectivity index (χ1) is 12.9. The third-order valence-electron chi connectivity index (χ3n) is 4.56. The van der Waals surface area contributed by atoms with Crippen molar-refractivity contribution in [3.05, 3.63) is 52.9 Å². The Balaban J connectivity index is 1.67. The molecule has 1 aromatic heterocycles. The van der Waals surface area contributed by atoms with Crippen LogP contribution in [0.25, 0.3) is 0 Å². The van der Waals surface area contributed by atoms with Gasteiger partial charge in [-0.25, -0.2) is 0 Å². The molecule has 1 aromatic carbocycles. The number of benzene rings is 1. The minimum Gasteiger partial charge on any atom is -0.359 e. The van der Waals surface area contributed by atoms with Crippen LogP contribution in [0.15, 0.2) is 34.9 Å². The van der Waals surface area contributed by atoms with Gasteiger partial charge in [-0.2, -0.15) is 0 Å². The monoisotopic (exact) mass is 369 g/mol. The molecule has 1 aliphatic rings. The predicted molar refractivity (Wildman–Crippen MR) is 102 cm³/mol. The van der Waals surface area contributed by atoms with Crippen molar-refractivity contribution in [2.75, 3.05) is 13.1 Å². The number of rotatable bonds is 8. The fraction of sp³-hybridized carbons (Fsp3) is 0.476. The summed E-state index contributed by atoms with van der Waals surface area (Å²) in [6.07, 6.45) is 2.35. The summed E-state index contributed by atoms with van der Waals surface area (Å²) in [5.74, 6) is 1.14. The van der Waals surface area contributed by atoms with Gasteiger partial charge in [0.1, 0.15) is 0 Å². The van der Waals surface area contributed by atoms with Crippen LogP contribution in [0.5, 0.6) is 0 Å². The van der Waals surface area contributed by atoms with Crippen molar-refractivity contribution in [3.8, 4) is 0 Å². The molecule has 0 spiro atoms. The second-order valence-corrected chi connectivity index (χ2v) is 7.78. The topological polar surface area (TPSA) is 75.4 Å². The summed E-state index contributed by atoms with van der Waals surface area (Å²) >= 11 is 0. The molecule has 3 rings (SSSR count). The van der Waals surface area contributed by atoms with E-state index in [2.05, 4.69) is 24.3 Å². The van der Waals surface area contributed by atoms with E-state index in [0.29, 0.717) is 36.2 Å². The van der Waals surface area contributed by atoms with Crippen LogP contribution in [0.3, 0.4) is 0 Å². The van der Waals surface area contributed by atoms with Gasteiger partial charge in [0, 0.05) is 24.7 Å². The molecule has 0 aliphatic heterocycles. The van der Waals surface area contributed by atoms with Gasteiger partial charge in [0.05, 0.1) is 6.54 Å². The number of aromatic nitrogens is 1. The summed E-state index contributed by atoms with van der Waals surface area (Å²) in [5, 5.41) is 6.74. The lowest BCUT2D eigenvalue weighted by molar-refractivity contribution is 0.0705. The van der Waals surface area contributed by atoms with Gasteiger partial charge in [-0.05, 0) is 43.7 Å². The molecule has 1 fully saturated rings. The Bertz CT molecular complexity index is 791. The molecule has 1 aliphatic carbocycles. The van der Waals surface area contributed by atoms with E-state index in [0.717, 1.165) is 5.56 Å². The largest absolute Gasteiger partial charge is 0.359 e. The van der Waals surface area contributed by atoms with Crippen LogP contribution < -0.4 is 5.32 Å². The quantitative estimate of drug-likeness (QED) is 0.774. The van der Waals surface area contributed by atoms with Gasteiger partial charge in [0.15, 0.2) is 11.5 Å². The molecule has 2 aromatic rings. The highest BCUT2D eigenvalue weighted by molar-refractivity contribution is 5.94. The summed E-state index contributed by atoms with van der Waals surface area (Å²) in [6, 6.07) is 9.15. The Kier molecular flexibility index (Phi) is 5.94. The van der Waals surface area contributed by atoms with E-state index in [1.165, 1.54) is 12.8 Å². The van der Waals surface area contributed by atoms with Gasteiger partial charge < -0.3 is 14.7 Å². The molecular weight excluding hydrogens is 342 g/mol. The molecule has 27 heavy (non-hydrogen) atoms. The highest BCUT2D eigenvalue weighted by Crippen LogP contribution is 2.27. The summed E-state index contributed by atoms with van der Waals surface area (Å²) in [4.78, 5) is 26.8. The standard InChI is InChI=1S/C21H27N3O3/c1-14(2)12-24(21(26)17-8-4-15(3)5-9-17)13-18-10-19(23-27-18)20(25)22-11-16-6-7-16/h4-5,8-10,14,16H,6-7,11-13H2,1-3H3,(H,22,25). The number of carbonyl (C=O) groups is 2. The molecule has 1 heterocycles. The van der Waals surface area contributed by atoms with E-state index in [1.807, 2.05) is 31.2 Å². The second-order valence-electron chi connectivity index (χ2n) is 7.78. The number of aryl methyl sites for hydroxylation is 1. The SMILES string of the molecule is Cc1ccc(C(=O)N(Cc2cc(C(=O)NCC3CC3)no2)CC(C)C)cc1. The first kappa shape index (κ1) is 19.1. The minimum absolute atomic E-state index is 0.0557. The summed E-state index contributed by atoms with van der Waals surface area (Å²) in [6.45, 7) is 7.68. The number of nitrogens with zero attached hydrogens (tertiary/aromatic N) is 2. The zero-order valence-electron chi connectivity index (χ0n) is 16.2. The van der Waals surface area contributed by atoms with Crippen LogP contribution in [0.1, 0.15) is 58.9 Å². The number of amides is 2. The second kappa shape index (κ2) is 8.37. The average Bonchev–Trinajstić information content (AvgIpc) is 3.35. The lowest BCUT2D eigenvalue weighted by Gasteiger charge is -2.23. The van der Waals surface area contributed by atoms with Crippen LogP contribution in [0.2, 0.25) is 0 Å². The fourth-order valence-electron chi connectivity index (χ4n) is 2.87. The van der Waals surface area contributed by atoms with E-state index in [4.69, 9.17) is 4.52 Å². The van der Waals surface area contributed by atoms with E-state index in [-0.39, 0.29) is 24.1 Å². The van der Waals surface area contributed by atoms with Gasteiger partial charge in [-0.3, -0.25) is 9.59 Å². The Labute approximate surface area is 159 Å². The number of hydrogen-bond donors (Lipinski definition) is 1. The van der Waals surface area contributed by atoms with Crippen molar-refractivity contribution in [2.45, 2.75) is 40.2 Å². The molecule has 1 saturated carbocycles. The average molecular weight is 369 g/mol. The molecular formula is C21H27N3O3. The minimum atomic E-state index is -0.225. The van der Waals surface area contributed by atoms with Crippen LogP contribution >= 0.6 is 0 Å². The number of nitrogens with one attached hydrogen (secondary N) is 1. The van der Waals surface area contributed by atoms with Gasteiger partial charge in [-0.15, -0.1) is 0 Å². The van der Waals surface area contributed by atoms with Gasteiger partial charge in [-0.1, -0.05) is 36.7 Å². The van der Waals surface area contributed by atoms with Crippen molar-refractivity contribution in [1.29, 1.82) is 0 Å². The van der Waals surface area contributed by atoms with Crippen LogP contribution in [0.4, 0.5) is 0 Å². The maximum absolute atomic E-state index is 12.9. The van der Waals surface area contributed by atoms with Crippen molar-refractivity contribution >= 4 is 11.8 Å². The van der Waals surface area contributed by atoms with Gasteiger partial charge in [0.2, 0.25) is 0 Å². The summed E-state index contributed by atoms with van der Waals surface area (Å²) in [7, 11) is 0. The molecule has 0 bridgehead atoms. The van der Waals surface area contributed by atoms with Crippen molar-refractivity contribution in [2.24, 2.45) is 11.8 Å². The Morgan fingerprint density at radius 2 is 1.96 bits per heavy atom. The molecule has 0 radical (unpaired) electrons. The third kappa shape index (κ3) is 5.42. The number of carbonyl (C=O) groups excluding carboxylic acids is 2. The van der Waals surface area contributed by atoms with E-state index >= 15 is 0 Å². The molecule has 6 nitrogen and oxygen atoms in total. The molecule has 1 N–H and O–H groups in total. The molecule has 0 atom stereocenters. The zero-order chi connectivity index (χ0) is 19.4. The van der Waals surface area contributed by atoms with Gasteiger partial charge >= 0.3 is 0 Å². The van der Waals surface area contributed by atoms with Crippen LogP contribution in [0, 0.1) is 18.8 Å². The predicted octanol–water partition coefficient (Wildman–Crippen LogP) is 3.42. The maximum atomic E-state index is 12.9. The lowest BCUT2D eigenvalue weighted by Crippen LogP contribution is -2.33. The highest BCUT2D eigenvalue weighted by atomic mass is 16.5. The maximum Gasteiger partial charge on any atom is 0.273 e. The Morgan fingerprint density at radius 1 is 1.26 bits per heavy atom. The van der Waals surface area contributed by atoms with Crippen LogP contribution in [-0.4, -0.2) is 35.0 Å². The lowest BCUT2D eigenvalue weighted by atomic mass is 10.1. The van der Waals surface area contributed by atoms with E-state index in [9.17, 15) is 9.59 Å². The van der Waals surface area contributed by atoms with Crippen LogP contribution in [-0.2, 0) is 6.54 Å². The summed E-state index contributed by atoms with van der Waals surface area (Å²) in [5.41, 5.74) is 2.01. The number of hydrogen-bond acceptors (Lipinski definition) is 4. The first-order valence-electron chi connectivity index (χ1n) is 9.52. The third-order valence-corrected chi connectivity index (χ3v) is 4.56. The molecule has 6 heteroatoms. The Morgan fingerprint density at radius 3 is 2.59 bits per heavy atom. The first-order valence-corrected chi connectivity index (χ1v) is 9.52. The summed E-state index contributed by atoms with van der Waals surface area (Å²) < 4.78 is 5.32. The smallest absolute Gasteiger partial charge is 0.273 e. The molecule has 144 valence electrons. The zero-order valence-corrected chi connectivity index (χ0v) is 16.2.